The van der Waals surface area contributed by atoms with E-state index in [0.717, 1.165) is 18.4 Å². The number of rotatable bonds is 15. The lowest BCUT2D eigenvalue weighted by Crippen LogP contribution is -2.35. The van der Waals surface area contributed by atoms with Gasteiger partial charge in [-0.15, -0.1) is 0 Å². The topological polar surface area (TPSA) is 179 Å². The maximum absolute atomic E-state index is 12.7. The molecule has 0 saturated carbocycles. The summed E-state index contributed by atoms with van der Waals surface area (Å²) in [6.07, 6.45) is 3.85. The average molecular weight is 641 g/mol. The van der Waals surface area contributed by atoms with Crippen molar-refractivity contribution < 1.29 is 37.7 Å². The number of urea groups is 1. The van der Waals surface area contributed by atoms with E-state index in [1.165, 1.54) is 23.9 Å². The molecule has 3 rings (SSSR count). The molecule has 1 aromatic carbocycles. The van der Waals surface area contributed by atoms with Gasteiger partial charge >= 0.3 is 24.6 Å². The van der Waals surface area contributed by atoms with Crippen molar-refractivity contribution in [1.29, 1.82) is 0 Å². The van der Waals surface area contributed by atoms with Crippen molar-refractivity contribution in [2.24, 2.45) is 5.92 Å². The summed E-state index contributed by atoms with van der Waals surface area (Å²) in [4.78, 5) is 60.8. The predicted octanol–water partition coefficient (Wildman–Crippen LogP) is 2.70. The van der Waals surface area contributed by atoms with Crippen LogP contribution in [0.4, 0.5) is 9.59 Å². The summed E-state index contributed by atoms with van der Waals surface area (Å²) in [6.45, 7) is -3.54. The number of aromatic nitrogens is 2. The van der Waals surface area contributed by atoms with Gasteiger partial charge in [0.1, 0.15) is 31.6 Å². The third kappa shape index (κ3) is 11.0. The molecule has 5 atom stereocenters. The molecule has 2 amide bonds. The summed E-state index contributed by atoms with van der Waals surface area (Å²) in [7, 11) is 2.76. The fourth-order valence-electron chi connectivity index (χ4n) is 4.38. The molecule has 16 heteroatoms. The highest BCUT2D eigenvalue weighted by molar-refractivity contribution is 8.07. The van der Waals surface area contributed by atoms with Crippen LogP contribution >= 0.6 is 6.72 Å². The molecule has 1 aliphatic rings. The van der Waals surface area contributed by atoms with Crippen molar-refractivity contribution >= 4 is 30.7 Å². The molecule has 4 N–H and O–H groups in total. The van der Waals surface area contributed by atoms with E-state index >= 15 is 0 Å². The van der Waals surface area contributed by atoms with E-state index in [1.807, 2.05) is 30.4 Å². The Morgan fingerprint density at radius 1 is 1.16 bits per heavy atom. The van der Waals surface area contributed by atoms with Gasteiger partial charge in [-0.25, -0.2) is 14.4 Å². The Morgan fingerprint density at radius 2 is 1.93 bits per heavy atom. The molecule has 1 aromatic heterocycles. The number of unbranched alkanes of at least 4 members (excludes halogenated alkanes) is 2. The zero-order chi connectivity index (χ0) is 31.2. The molecule has 1 aliphatic heterocycles. The first kappa shape index (κ1) is 34.2. The number of nitrogens with zero attached hydrogens (tertiary/aromatic N) is 1. The number of nitrogens with one attached hydrogen (secondary N) is 3. The Bertz CT molecular complexity index is 1390. The van der Waals surface area contributed by atoms with Gasteiger partial charge in [0.25, 0.3) is 5.56 Å². The standard InChI is InChI=1S/C27H37N4O10PS/c1-28-25(33)29-15-10-5-3-4-9-13-20-23(41-42(36,43)37-2)21(40-24(20)31-16-14-22(32)30-26(31)34)18-39-27(35)38-17-19-11-7-6-8-12-19/h4,6-9,11-12,14,16,20-21,23-24H,3,5,10,13,15,17-18H2,1-2H3,(H,36,43)(H2,28,29,33)(H,30,32,34)/b9-4+/t20?,21-,23-,24-,42?/m1/s1. The van der Waals surface area contributed by atoms with E-state index in [2.05, 4.69) is 15.6 Å². The van der Waals surface area contributed by atoms with Gasteiger partial charge in [0.05, 0.1) is 0 Å². The third-order valence-corrected chi connectivity index (χ3v) is 8.21. The van der Waals surface area contributed by atoms with Crippen LogP contribution in [0.25, 0.3) is 0 Å². The molecular formula is C27H37N4O10PS. The molecule has 2 heterocycles. The van der Waals surface area contributed by atoms with Gasteiger partial charge in [-0.05, 0) is 43.1 Å². The summed E-state index contributed by atoms with van der Waals surface area (Å²) in [5, 5.41) is 5.21. The van der Waals surface area contributed by atoms with Crippen LogP contribution in [-0.2, 0) is 41.7 Å². The number of carbonyl (C=O) groups excluding carboxylic acids is 2. The van der Waals surface area contributed by atoms with Crippen molar-refractivity contribution in [2.75, 3.05) is 27.3 Å². The number of amides is 2. The molecule has 0 bridgehead atoms. The van der Waals surface area contributed by atoms with Crippen molar-refractivity contribution in [3.05, 3.63) is 81.1 Å². The second kappa shape index (κ2) is 17.1. The molecule has 1 fully saturated rings. The van der Waals surface area contributed by atoms with Crippen LogP contribution in [0.2, 0.25) is 0 Å². The Labute approximate surface area is 253 Å². The molecule has 0 aliphatic carbocycles. The SMILES string of the molecule is CNC(=O)NCCCC/C=C/CC1[C@@H](OP(O)(=S)OC)[C@@H](COC(=O)OCc2ccccc2)O[C@H]1n1ccc(=O)[nH]c1=O. The second-order valence-corrected chi connectivity index (χ2v) is 12.4. The molecule has 2 aromatic rings. The first-order valence-electron chi connectivity index (χ1n) is 13.6. The lowest BCUT2D eigenvalue weighted by Gasteiger charge is -2.26. The summed E-state index contributed by atoms with van der Waals surface area (Å²) < 4.78 is 28.7. The van der Waals surface area contributed by atoms with Crippen LogP contribution in [0.3, 0.4) is 0 Å². The van der Waals surface area contributed by atoms with Crippen LogP contribution in [0.5, 0.6) is 0 Å². The Balaban J connectivity index is 1.74. The van der Waals surface area contributed by atoms with E-state index < -0.39 is 48.5 Å². The summed E-state index contributed by atoms with van der Waals surface area (Å²) in [5.41, 5.74) is -0.528. The lowest BCUT2D eigenvalue weighted by molar-refractivity contribution is -0.0593. The van der Waals surface area contributed by atoms with Gasteiger partial charge in [-0.2, -0.15) is 0 Å². The molecule has 236 valence electrons. The first-order valence-corrected chi connectivity index (χ1v) is 16.2. The van der Waals surface area contributed by atoms with E-state index in [0.29, 0.717) is 19.4 Å². The fraction of sp³-hybridized carbons (Fsp3) is 0.481. The number of H-pyrrole nitrogens is 1. The number of hydrogen-bond acceptors (Lipinski definition) is 10. The molecule has 1 saturated heterocycles. The Morgan fingerprint density at radius 3 is 2.63 bits per heavy atom. The van der Waals surface area contributed by atoms with Gasteiger partial charge in [-0.3, -0.25) is 14.3 Å². The number of benzene rings is 1. The van der Waals surface area contributed by atoms with E-state index in [9.17, 15) is 24.1 Å². The van der Waals surface area contributed by atoms with Gasteiger partial charge in [0, 0.05) is 38.9 Å². The maximum atomic E-state index is 12.7. The van der Waals surface area contributed by atoms with Gasteiger partial charge in [0.15, 0.2) is 0 Å². The second-order valence-electron chi connectivity index (χ2n) is 9.51. The monoisotopic (exact) mass is 640 g/mol. The van der Waals surface area contributed by atoms with Crippen molar-refractivity contribution in [3.8, 4) is 0 Å². The van der Waals surface area contributed by atoms with E-state index in [-0.39, 0.29) is 19.2 Å². The smallest absolute Gasteiger partial charge is 0.431 e. The van der Waals surface area contributed by atoms with Crippen LogP contribution < -0.4 is 21.9 Å². The zero-order valence-electron chi connectivity index (χ0n) is 23.9. The maximum Gasteiger partial charge on any atom is 0.508 e. The number of hydrogen-bond donors (Lipinski definition) is 4. The van der Waals surface area contributed by atoms with Crippen LogP contribution in [-0.4, -0.2) is 66.1 Å². The predicted molar refractivity (Wildman–Crippen MR) is 160 cm³/mol. The molecular weight excluding hydrogens is 603 g/mol. The number of allylic oxidation sites excluding steroid dienone is 2. The number of aromatic amines is 1. The summed E-state index contributed by atoms with van der Waals surface area (Å²) in [6, 6.07) is 9.99. The lowest BCUT2D eigenvalue weighted by atomic mass is 9.95. The zero-order valence-corrected chi connectivity index (χ0v) is 25.6. The molecule has 0 radical (unpaired) electrons. The van der Waals surface area contributed by atoms with E-state index in [4.69, 9.17) is 35.1 Å². The Hall–Kier alpha value is -3.33. The van der Waals surface area contributed by atoms with Crippen LogP contribution in [0, 0.1) is 5.92 Å². The van der Waals surface area contributed by atoms with Crippen LogP contribution in [0.1, 0.15) is 37.5 Å². The Kier molecular flexibility index (Phi) is 13.6. The van der Waals surface area contributed by atoms with Crippen molar-refractivity contribution in [3.63, 3.8) is 0 Å². The average Bonchev–Trinajstić information content (AvgIpc) is 3.32. The number of ether oxygens (including phenoxy) is 3. The molecule has 2 unspecified atom stereocenters. The van der Waals surface area contributed by atoms with Gasteiger partial charge in [0.2, 0.25) is 0 Å². The fourth-order valence-corrected chi connectivity index (χ4v) is 5.36. The largest absolute Gasteiger partial charge is 0.508 e. The minimum Gasteiger partial charge on any atom is -0.431 e. The first-order chi connectivity index (χ1) is 20.6. The minimum absolute atomic E-state index is 0.00305. The highest BCUT2D eigenvalue weighted by atomic mass is 32.5. The van der Waals surface area contributed by atoms with Gasteiger partial charge < -0.3 is 38.8 Å². The summed E-state index contributed by atoms with van der Waals surface area (Å²) >= 11 is 5.10. The molecule has 0 spiro atoms. The van der Waals surface area contributed by atoms with Crippen LogP contribution in [0.15, 0.2) is 64.3 Å². The van der Waals surface area contributed by atoms with Crippen molar-refractivity contribution in [2.45, 2.75) is 50.7 Å². The number of carbonyl (C=O) groups is 2. The quantitative estimate of drug-likeness (QED) is 0.0973. The van der Waals surface area contributed by atoms with Gasteiger partial charge in [-0.1, -0.05) is 42.5 Å². The molecule has 43 heavy (non-hydrogen) atoms. The van der Waals surface area contributed by atoms with E-state index in [1.54, 1.807) is 19.2 Å². The minimum atomic E-state index is -3.73. The highest BCUT2D eigenvalue weighted by Crippen LogP contribution is 2.50. The summed E-state index contributed by atoms with van der Waals surface area (Å²) in [5.74, 6) is -0.617. The third-order valence-electron chi connectivity index (χ3n) is 6.53. The normalized spacial score (nSPS) is 21.3. The van der Waals surface area contributed by atoms with Crippen molar-refractivity contribution in [1.82, 2.24) is 20.2 Å². The highest BCUT2D eigenvalue weighted by Gasteiger charge is 2.48. The molecule has 14 nitrogen and oxygen atoms in total.